The molecule has 0 radical (unpaired) electrons. The molecule has 0 saturated carbocycles. The number of rotatable bonds is 5. The van der Waals surface area contributed by atoms with Gasteiger partial charge in [0.2, 0.25) is 5.91 Å². The van der Waals surface area contributed by atoms with Gasteiger partial charge in [-0.2, -0.15) is 4.98 Å². The third-order valence-electron chi connectivity index (χ3n) is 4.34. The fourth-order valence-corrected chi connectivity index (χ4v) is 3.89. The second-order valence-electron chi connectivity index (χ2n) is 6.11. The molecular weight excluding hydrogens is 354 g/mol. The molecule has 0 bridgehead atoms. The predicted molar refractivity (Wildman–Crippen MR) is 100 cm³/mol. The maximum absolute atomic E-state index is 12.7. The minimum absolute atomic E-state index is 0.0302. The smallest absolute Gasteiger partial charge is 0.279 e. The lowest BCUT2D eigenvalue weighted by Gasteiger charge is -2.27. The third kappa shape index (κ3) is 3.29. The van der Waals surface area contributed by atoms with Gasteiger partial charge in [-0.05, 0) is 24.1 Å². The number of anilines is 1. The number of aromatic nitrogens is 2. The lowest BCUT2D eigenvalue weighted by Crippen LogP contribution is -2.33. The molecule has 2 aromatic rings. The van der Waals surface area contributed by atoms with E-state index in [4.69, 9.17) is 4.74 Å². The highest BCUT2D eigenvalue weighted by Gasteiger charge is 2.32. The van der Waals surface area contributed by atoms with Crippen LogP contribution in [-0.4, -0.2) is 33.4 Å². The van der Waals surface area contributed by atoms with E-state index >= 15 is 0 Å². The monoisotopic (exact) mass is 375 g/mol. The topological polar surface area (TPSA) is 93.5 Å². The van der Waals surface area contributed by atoms with Gasteiger partial charge in [-0.3, -0.25) is 9.59 Å². The van der Waals surface area contributed by atoms with Gasteiger partial charge in [0.05, 0.1) is 12.7 Å². The SMILES string of the molecule is CCCSc1nc(=O)c2c(n1C)NC(=O)C[C@@H]2c1ccc(OC)c(O)c1. The Morgan fingerprint density at radius 3 is 2.85 bits per heavy atom. The number of hydrogen-bond donors (Lipinski definition) is 2. The number of thioether (sulfide) groups is 1. The molecule has 26 heavy (non-hydrogen) atoms. The molecule has 1 aromatic carbocycles. The van der Waals surface area contributed by atoms with Crippen LogP contribution in [0.2, 0.25) is 0 Å². The number of methoxy groups -OCH3 is 1. The van der Waals surface area contributed by atoms with Crippen LogP contribution in [-0.2, 0) is 11.8 Å². The first-order valence-electron chi connectivity index (χ1n) is 8.36. The van der Waals surface area contributed by atoms with Crippen molar-refractivity contribution in [2.75, 3.05) is 18.2 Å². The number of benzene rings is 1. The molecule has 8 heteroatoms. The molecule has 0 aliphatic carbocycles. The molecular formula is C18H21N3O4S. The highest BCUT2D eigenvalue weighted by atomic mass is 32.2. The molecule has 1 aliphatic heterocycles. The van der Waals surface area contributed by atoms with Crippen molar-refractivity contribution >= 4 is 23.5 Å². The van der Waals surface area contributed by atoms with E-state index in [1.807, 2.05) is 0 Å². The molecule has 1 atom stereocenters. The zero-order chi connectivity index (χ0) is 18.8. The van der Waals surface area contributed by atoms with Crippen molar-refractivity contribution in [1.29, 1.82) is 0 Å². The molecule has 1 amide bonds. The number of phenols is 1. The molecule has 138 valence electrons. The second-order valence-corrected chi connectivity index (χ2v) is 7.17. The fourth-order valence-electron chi connectivity index (χ4n) is 3.07. The number of carbonyl (C=O) groups excluding carboxylic acids is 1. The molecule has 1 aromatic heterocycles. The number of fused-ring (bicyclic) bond motifs is 1. The molecule has 2 N–H and O–H groups in total. The van der Waals surface area contributed by atoms with Crippen LogP contribution in [0.4, 0.5) is 5.82 Å². The van der Waals surface area contributed by atoms with E-state index < -0.39 is 5.92 Å². The predicted octanol–water partition coefficient (Wildman–Crippen LogP) is 2.47. The van der Waals surface area contributed by atoms with Crippen LogP contribution in [0.3, 0.4) is 0 Å². The summed E-state index contributed by atoms with van der Waals surface area (Å²) in [6.45, 7) is 2.05. The standard InChI is InChI=1S/C18H21N3O4S/c1-4-7-26-18-20-17(24)15-11(9-14(23)19-16(15)21(18)2)10-5-6-13(25-3)12(22)8-10/h5-6,8,11,22H,4,7,9H2,1-3H3,(H,19,23)/t11-/m1/s1. The number of phenolic OH excluding ortho intramolecular Hbond substituents is 1. The van der Waals surface area contributed by atoms with Gasteiger partial charge >= 0.3 is 0 Å². The van der Waals surface area contributed by atoms with E-state index in [-0.39, 0.29) is 23.6 Å². The van der Waals surface area contributed by atoms with Crippen LogP contribution < -0.4 is 15.6 Å². The lowest BCUT2D eigenvalue weighted by molar-refractivity contribution is -0.116. The summed E-state index contributed by atoms with van der Waals surface area (Å²) in [5, 5.41) is 13.5. The minimum atomic E-state index is -0.466. The average Bonchev–Trinajstić information content (AvgIpc) is 2.62. The van der Waals surface area contributed by atoms with Crippen LogP contribution in [0.1, 0.15) is 36.8 Å². The van der Waals surface area contributed by atoms with Crippen LogP contribution in [0.15, 0.2) is 28.2 Å². The number of hydrogen-bond acceptors (Lipinski definition) is 6. The summed E-state index contributed by atoms with van der Waals surface area (Å²) in [6, 6.07) is 4.91. The first kappa shape index (κ1) is 18.3. The first-order chi connectivity index (χ1) is 12.5. The Hall–Kier alpha value is -2.48. The van der Waals surface area contributed by atoms with Gasteiger partial charge in [0.1, 0.15) is 5.82 Å². The van der Waals surface area contributed by atoms with Crippen LogP contribution >= 0.6 is 11.8 Å². The van der Waals surface area contributed by atoms with E-state index in [9.17, 15) is 14.7 Å². The van der Waals surface area contributed by atoms with Gasteiger partial charge in [-0.15, -0.1) is 0 Å². The van der Waals surface area contributed by atoms with Gasteiger partial charge in [0, 0.05) is 25.1 Å². The number of ether oxygens (including phenoxy) is 1. The van der Waals surface area contributed by atoms with Crippen molar-refractivity contribution in [1.82, 2.24) is 9.55 Å². The van der Waals surface area contributed by atoms with Crippen molar-refractivity contribution in [3.05, 3.63) is 39.7 Å². The van der Waals surface area contributed by atoms with E-state index in [2.05, 4.69) is 17.2 Å². The molecule has 0 fully saturated rings. The zero-order valence-corrected chi connectivity index (χ0v) is 15.7. The molecule has 3 rings (SSSR count). The maximum Gasteiger partial charge on any atom is 0.279 e. The first-order valence-corrected chi connectivity index (χ1v) is 9.35. The van der Waals surface area contributed by atoms with E-state index in [0.717, 1.165) is 12.2 Å². The summed E-state index contributed by atoms with van der Waals surface area (Å²) >= 11 is 1.48. The summed E-state index contributed by atoms with van der Waals surface area (Å²) < 4.78 is 6.82. The molecule has 7 nitrogen and oxygen atoms in total. The summed E-state index contributed by atoms with van der Waals surface area (Å²) in [4.78, 5) is 29.2. The Balaban J connectivity index is 2.12. The molecule has 2 heterocycles. The highest BCUT2D eigenvalue weighted by Crippen LogP contribution is 2.38. The molecule has 0 unspecified atom stereocenters. The largest absolute Gasteiger partial charge is 0.504 e. The second kappa shape index (κ2) is 7.41. The third-order valence-corrected chi connectivity index (χ3v) is 5.58. The number of amides is 1. The zero-order valence-electron chi connectivity index (χ0n) is 14.9. The Labute approximate surface area is 155 Å². The number of aromatic hydroxyl groups is 1. The van der Waals surface area contributed by atoms with Crippen molar-refractivity contribution in [2.45, 2.75) is 30.8 Å². The summed E-state index contributed by atoms with van der Waals surface area (Å²) in [5.74, 6) is 0.976. The van der Waals surface area contributed by atoms with E-state index in [1.54, 1.807) is 23.7 Å². The van der Waals surface area contributed by atoms with Crippen molar-refractivity contribution in [3.63, 3.8) is 0 Å². The van der Waals surface area contributed by atoms with Gasteiger partial charge in [-0.25, -0.2) is 0 Å². The molecule has 1 aliphatic rings. The van der Waals surface area contributed by atoms with Gasteiger partial charge in [0.25, 0.3) is 5.56 Å². The summed E-state index contributed by atoms with van der Waals surface area (Å²) in [7, 11) is 3.25. The summed E-state index contributed by atoms with van der Waals surface area (Å²) in [5.41, 5.74) is 0.766. The highest BCUT2D eigenvalue weighted by molar-refractivity contribution is 7.99. The summed E-state index contributed by atoms with van der Waals surface area (Å²) in [6.07, 6.45) is 1.08. The molecule has 0 spiro atoms. The lowest BCUT2D eigenvalue weighted by atomic mass is 9.86. The van der Waals surface area contributed by atoms with Crippen LogP contribution in [0.25, 0.3) is 0 Å². The van der Waals surface area contributed by atoms with Crippen molar-refractivity contribution in [2.24, 2.45) is 7.05 Å². The Bertz CT molecular complexity index is 910. The Kier molecular flexibility index (Phi) is 5.22. The minimum Gasteiger partial charge on any atom is -0.504 e. The van der Waals surface area contributed by atoms with E-state index in [0.29, 0.717) is 27.9 Å². The van der Waals surface area contributed by atoms with Gasteiger partial charge in [-0.1, -0.05) is 24.8 Å². The maximum atomic E-state index is 12.7. The van der Waals surface area contributed by atoms with Crippen LogP contribution in [0.5, 0.6) is 11.5 Å². The number of nitrogens with one attached hydrogen (secondary N) is 1. The average molecular weight is 375 g/mol. The van der Waals surface area contributed by atoms with E-state index in [1.165, 1.54) is 24.9 Å². The van der Waals surface area contributed by atoms with Crippen LogP contribution in [0, 0.1) is 0 Å². The molecule has 0 saturated heterocycles. The number of carbonyl (C=O) groups is 1. The quantitative estimate of drug-likeness (QED) is 0.616. The van der Waals surface area contributed by atoms with Gasteiger partial charge < -0.3 is 19.7 Å². The van der Waals surface area contributed by atoms with Crippen molar-refractivity contribution < 1.29 is 14.6 Å². The normalized spacial score (nSPS) is 16.1. The fraction of sp³-hybridized carbons (Fsp3) is 0.389. The Morgan fingerprint density at radius 2 is 2.19 bits per heavy atom. The Morgan fingerprint density at radius 1 is 1.42 bits per heavy atom. The van der Waals surface area contributed by atoms with Crippen molar-refractivity contribution in [3.8, 4) is 11.5 Å². The number of nitrogens with zero attached hydrogens (tertiary/aromatic N) is 2. The van der Waals surface area contributed by atoms with Gasteiger partial charge in [0.15, 0.2) is 16.7 Å².